The zero-order valence-electron chi connectivity index (χ0n) is 14.3. The molecule has 0 spiro atoms. The van der Waals surface area contributed by atoms with Crippen molar-refractivity contribution < 1.29 is 29.2 Å². The molecule has 0 unspecified atom stereocenters. The predicted octanol–water partition coefficient (Wildman–Crippen LogP) is 2.41. The lowest BCUT2D eigenvalue weighted by molar-refractivity contribution is -0.144. The van der Waals surface area contributed by atoms with Gasteiger partial charge in [-0.15, -0.1) is 0 Å². The Balaban J connectivity index is 3.04. The Labute approximate surface area is 140 Å². The van der Waals surface area contributed by atoms with Crippen LogP contribution in [0.2, 0.25) is 0 Å². The molecule has 0 aliphatic heterocycles. The number of unbranched alkanes of at least 4 members (excludes halogenated alkanes) is 8. The molecule has 0 amide bonds. The smallest absolute Gasteiger partial charge is 0.305 e. The minimum Gasteiger partial charge on any atom is -0.463 e. The highest BCUT2D eigenvalue weighted by Gasteiger charge is 2.01. The van der Waals surface area contributed by atoms with E-state index in [2.05, 4.69) is 0 Å². The standard InChI is InChI=1S/C17H34O6/c18-11-14-22-16-21-13-9-7-5-3-1-2-4-6-8-10-17(20)23-15-12-19/h18-19H,1-16H2. The Kier molecular flexibility index (Phi) is 18.8. The van der Waals surface area contributed by atoms with E-state index in [-0.39, 0.29) is 32.6 Å². The van der Waals surface area contributed by atoms with Gasteiger partial charge in [0.05, 0.1) is 19.8 Å². The average molecular weight is 334 g/mol. The van der Waals surface area contributed by atoms with Gasteiger partial charge >= 0.3 is 5.97 Å². The van der Waals surface area contributed by atoms with E-state index < -0.39 is 0 Å². The third kappa shape index (κ3) is 19.3. The normalized spacial score (nSPS) is 10.9. The molecule has 0 aromatic carbocycles. The molecule has 0 aromatic rings. The quantitative estimate of drug-likeness (QED) is 0.227. The molecule has 6 nitrogen and oxygen atoms in total. The number of esters is 1. The molecular weight excluding hydrogens is 300 g/mol. The first-order chi connectivity index (χ1) is 11.3. The van der Waals surface area contributed by atoms with E-state index in [1.54, 1.807) is 0 Å². The van der Waals surface area contributed by atoms with Crippen molar-refractivity contribution in [2.24, 2.45) is 0 Å². The van der Waals surface area contributed by atoms with Gasteiger partial charge in [0, 0.05) is 13.0 Å². The highest BCUT2D eigenvalue weighted by Crippen LogP contribution is 2.11. The van der Waals surface area contributed by atoms with Gasteiger partial charge in [-0.1, -0.05) is 44.9 Å². The zero-order chi connectivity index (χ0) is 17.0. The molecule has 0 radical (unpaired) electrons. The Hall–Kier alpha value is -0.690. The highest BCUT2D eigenvalue weighted by molar-refractivity contribution is 5.69. The molecule has 0 bridgehead atoms. The Morgan fingerprint density at radius 3 is 1.78 bits per heavy atom. The summed E-state index contributed by atoms with van der Waals surface area (Å²) in [6, 6.07) is 0. The number of carbonyl (C=O) groups is 1. The fourth-order valence-electron chi connectivity index (χ4n) is 2.18. The van der Waals surface area contributed by atoms with Crippen molar-refractivity contribution in [1.29, 1.82) is 0 Å². The topological polar surface area (TPSA) is 85.2 Å². The van der Waals surface area contributed by atoms with Crippen LogP contribution >= 0.6 is 0 Å². The van der Waals surface area contributed by atoms with E-state index in [0.717, 1.165) is 25.9 Å². The van der Waals surface area contributed by atoms with Crippen molar-refractivity contribution in [2.75, 3.05) is 39.8 Å². The maximum absolute atomic E-state index is 11.2. The number of ether oxygens (including phenoxy) is 3. The van der Waals surface area contributed by atoms with E-state index in [1.165, 1.54) is 38.5 Å². The van der Waals surface area contributed by atoms with Gasteiger partial charge in [0.2, 0.25) is 0 Å². The molecule has 0 heterocycles. The van der Waals surface area contributed by atoms with E-state index in [1.807, 2.05) is 0 Å². The van der Waals surface area contributed by atoms with Gasteiger partial charge in [-0.2, -0.15) is 0 Å². The molecule has 0 fully saturated rings. The second-order valence-corrected chi connectivity index (χ2v) is 5.53. The summed E-state index contributed by atoms with van der Waals surface area (Å²) >= 11 is 0. The third-order valence-electron chi connectivity index (χ3n) is 3.43. The highest BCUT2D eigenvalue weighted by atomic mass is 16.7. The van der Waals surface area contributed by atoms with E-state index in [0.29, 0.717) is 13.0 Å². The number of aliphatic hydroxyl groups is 2. The number of rotatable bonds is 18. The number of hydrogen-bond donors (Lipinski definition) is 2. The summed E-state index contributed by atoms with van der Waals surface area (Å²) in [5.74, 6) is -0.206. The molecule has 0 saturated carbocycles. The van der Waals surface area contributed by atoms with Gasteiger partial charge in [-0.3, -0.25) is 4.79 Å². The van der Waals surface area contributed by atoms with Gasteiger partial charge in [0.1, 0.15) is 13.4 Å². The molecule has 138 valence electrons. The van der Waals surface area contributed by atoms with Crippen molar-refractivity contribution in [3.05, 3.63) is 0 Å². The second kappa shape index (κ2) is 19.4. The van der Waals surface area contributed by atoms with Crippen molar-refractivity contribution >= 4 is 5.97 Å². The van der Waals surface area contributed by atoms with Crippen LogP contribution in [-0.4, -0.2) is 56.0 Å². The monoisotopic (exact) mass is 334 g/mol. The van der Waals surface area contributed by atoms with Gasteiger partial charge in [-0.25, -0.2) is 0 Å². The molecule has 23 heavy (non-hydrogen) atoms. The number of carbonyl (C=O) groups excluding carboxylic acids is 1. The van der Waals surface area contributed by atoms with Crippen LogP contribution < -0.4 is 0 Å². The Morgan fingerprint density at radius 1 is 0.652 bits per heavy atom. The van der Waals surface area contributed by atoms with Gasteiger partial charge in [-0.05, 0) is 12.8 Å². The molecule has 0 aliphatic carbocycles. The van der Waals surface area contributed by atoms with E-state index in [4.69, 9.17) is 24.4 Å². The Morgan fingerprint density at radius 2 is 1.17 bits per heavy atom. The fourth-order valence-corrected chi connectivity index (χ4v) is 2.18. The minimum absolute atomic E-state index is 0.0388. The molecule has 0 aliphatic rings. The first kappa shape index (κ1) is 22.3. The molecule has 0 aromatic heterocycles. The minimum atomic E-state index is -0.206. The van der Waals surface area contributed by atoms with Crippen LogP contribution in [-0.2, 0) is 19.0 Å². The van der Waals surface area contributed by atoms with Gasteiger partial charge in [0.15, 0.2) is 0 Å². The summed E-state index contributed by atoms with van der Waals surface area (Å²) < 4.78 is 15.1. The first-order valence-electron chi connectivity index (χ1n) is 8.84. The summed E-state index contributed by atoms with van der Waals surface area (Å²) in [4.78, 5) is 11.2. The van der Waals surface area contributed by atoms with Crippen LogP contribution in [0.25, 0.3) is 0 Å². The van der Waals surface area contributed by atoms with Crippen LogP contribution in [0, 0.1) is 0 Å². The summed E-state index contributed by atoms with van der Waals surface area (Å²) in [6.07, 6.45) is 10.7. The van der Waals surface area contributed by atoms with Crippen LogP contribution in [0.3, 0.4) is 0 Å². The molecule has 0 rings (SSSR count). The number of hydrogen-bond acceptors (Lipinski definition) is 6. The predicted molar refractivity (Wildman–Crippen MR) is 88.1 cm³/mol. The lowest BCUT2D eigenvalue weighted by Gasteiger charge is -2.05. The van der Waals surface area contributed by atoms with E-state index in [9.17, 15) is 4.79 Å². The third-order valence-corrected chi connectivity index (χ3v) is 3.43. The maximum Gasteiger partial charge on any atom is 0.305 e. The maximum atomic E-state index is 11.2. The van der Waals surface area contributed by atoms with Crippen molar-refractivity contribution in [3.8, 4) is 0 Å². The van der Waals surface area contributed by atoms with E-state index >= 15 is 0 Å². The fraction of sp³-hybridized carbons (Fsp3) is 0.941. The molecule has 0 atom stereocenters. The molecule has 0 saturated heterocycles. The average Bonchev–Trinajstić information content (AvgIpc) is 2.56. The van der Waals surface area contributed by atoms with Crippen molar-refractivity contribution in [2.45, 2.75) is 64.2 Å². The lowest BCUT2D eigenvalue weighted by atomic mass is 10.1. The largest absolute Gasteiger partial charge is 0.463 e. The van der Waals surface area contributed by atoms with Crippen molar-refractivity contribution in [3.63, 3.8) is 0 Å². The molecular formula is C17H34O6. The lowest BCUT2D eigenvalue weighted by Crippen LogP contribution is -2.07. The van der Waals surface area contributed by atoms with Crippen LogP contribution in [0.4, 0.5) is 0 Å². The zero-order valence-corrected chi connectivity index (χ0v) is 14.3. The Bertz CT molecular complexity index is 247. The summed E-state index contributed by atoms with van der Waals surface area (Å²) in [5, 5.41) is 17.0. The van der Waals surface area contributed by atoms with Gasteiger partial charge < -0.3 is 24.4 Å². The van der Waals surface area contributed by atoms with Crippen molar-refractivity contribution in [1.82, 2.24) is 0 Å². The second-order valence-electron chi connectivity index (χ2n) is 5.53. The molecule has 2 N–H and O–H groups in total. The van der Waals surface area contributed by atoms with Crippen LogP contribution in [0.5, 0.6) is 0 Å². The first-order valence-corrected chi connectivity index (χ1v) is 8.84. The summed E-state index contributed by atoms with van der Waals surface area (Å²) in [7, 11) is 0. The SMILES string of the molecule is O=C(CCCCCCCCCCCOCOCCO)OCCO. The molecule has 6 heteroatoms. The van der Waals surface area contributed by atoms with Crippen LogP contribution in [0.1, 0.15) is 64.2 Å². The summed E-state index contributed by atoms with van der Waals surface area (Å²) in [5.41, 5.74) is 0. The van der Waals surface area contributed by atoms with Crippen LogP contribution in [0.15, 0.2) is 0 Å². The number of aliphatic hydroxyl groups excluding tert-OH is 2. The summed E-state index contributed by atoms with van der Waals surface area (Å²) in [6.45, 7) is 1.38. The van der Waals surface area contributed by atoms with Gasteiger partial charge in [0.25, 0.3) is 0 Å².